The van der Waals surface area contributed by atoms with E-state index in [2.05, 4.69) is 12.1 Å². The third-order valence-electron chi connectivity index (χ3n) is 2.37. The van der Waals surface area contributed by atoms with Crippen molar-refractivity contribution in [1.29, 1.82) is 0 Å². The van der Waals surface area contributed by atoms with Gasteiger partial charge in [0, 0.05) is 0 Å². The van der Waals surface area contributed by atoms with Gasteiger partial charge < -0.3 is 5.11 Å². The van der Waals surface area contributed by atoms with E-state index in [1.54, 1.807) is 6.08 Å². The molecule has 0 bridgehead atoms. The van der Waals surface area contributed by atoms with Gasteiger partial charge in [0.2, 0.25) is 0 Å². The van der Waals surface area contributed by atoms with Gasteiger partial charge in [0.25, 0.3) is 0 Å². The molecule has 1 rings (SSSR count). The van der Waals surface area contributed by atoms with Crippen LogP contribution in [0.25, 0.3) is 0 Å². The maximum atomic E-state index is 10.6. The number of hydrogen-bond acceptors (Lipinski definition) is 2. The van der Waals surface area contributed by atoms with Crippen LogP contribution < -0.4 is 0 Å². The van der Waals surface area contributed by atoms with Crippen molar-refractivity contribution < 1.29 is 9.90 Å². The van der Waals surface area contributed by atoms with Gasteiger partial charge in [-0.05, 0) is 37.8 Å². The van der Waals surface area contributed by atoms with Crippen LogP contribution in [0.3, 0.4) is 0 Å². The van der Waals surface area contributed by atoms with Crippen molar-refractivity contribution in [2.75, 3.05) is 0 Å². The highest BCUT2D eigenvalue weighted by Crippen LogP contribution is 2.07. The molecule has 0 saturated heterocycles. The van der Waals surface area contributed by atoms with E-state index in [0.717, 1.165) is 12.8 Å². The predicted octanol–water partition coefficient (Wildman–Crippen LogP) is 2.52. The SMILES string of the molecule is CC(=O)/C=C/CC(O)CCc1ccccc1. The number of allylic oxidation sites excluding steroid dienone is 1. The zero-order chi connectivity index (χ0) is 11.8. The molecule has 1 atom stereocenters. The van der Waals surface area contributed by atoms with Crippen LogP contribution in [-0.2, 0) is 11.2 Å². The molecule has 1 aromatic rings. The maximum absolute atomic E-state index is 10.6. The highest BCUT2D eigenvalue weighted by Gasteiger charge is 2.02. The summed E-state index contributed by atoms with van der Waals surface area (Å²) in [5.41, 5.74) is 1.23. The number of aliphatic hydroxyl groups excluding tert-OH is 1. The van der Waals surface area contributed by atoms with Crippen LogP contribution in [0.5, 0.6) is 0 Å². The van der Waals surface area contributed by atoms with Crippen LogP contribution in [0, 0.1) is 0 Å². The number of carbonyl (C=O) groups is 1. The zero-order valence-corrected chi connectivity index (χ0v) is 9.60. The summed E-state index contributed by atoms with van der Waals surface area (Å²) in [4.78, 5) is 10.6. The molecule has 0 aromatic heterocycles. The number of aryl methyl sites for hydroxylation is 1. The maximum Gasteiger partial charge on any atom is 0.152 e. The van der Waals surface area contributed by atoms with E-state index in [0.29, 0.717) is 6.42 Å². The summed E-state index contributed by atoms with van der Waals surface area (Å²) in [5.74, 6) is 0.0234. The molecule has 1 unspecified atom stereocenters. The van der Waals surface area contributed by atoms with Gasteiger partial charge >= 0.3 is 0 Å². The second-order valence-corrected chi connectivity index (χ2v) is 3.93. The fourth-order valence-corrected chi connectivity index (χ4v) is 1.49. The summed E-state index contributed by atoms with van der Waals surface area (Å²) in [6.07, 6.45) is 5.02. The number of aliphatic hydroxyl groups is 1. The van der Waals surface area contributed by atoms with E-state index in [-0.39, 0.29) is 11.9 Å². The molecule has 16 heavy (non-hydrogen) atoms. The molecule has 0 aliphatic heterocycles. The molecule has 1 aromatic carbocycles. The summed E-state index contributed by atoms with van der Waals surface area (Å²) >= 11 is 0. The minimum Gasteiger partial charge on any atom is -0.393 e. The van der Waals surface area contributed by atoms with Gasteiger partial charge in [0.15, 0.2) is 5.78 Å². The van der Waals surface area contributed by atoms with Crippen molar-refractivity contribution in [2.45, 2.75) is 32.3 Å². The minimum absolute atomic E-state index is 0.0234. The molecule has 1 N–H and O–H groups in total. The van der Waals surface area contributed by atoms with Crippen LogP contribution in [0.4, 0.5) is 0 Å². The van der Waals surface area contributed by atoms with Gasteiger partial charge in [0.1, 0.15) is 0 Å². The van der Waals surface area contributed by atoms with Crippen molar-refractivity contribution >= 4 is 5.78 Å². The first kappa shape index (κ1) is 12.7. The minimum atomic E-state index is -0.365. The second kappa shape index (κ2) is 6.96. The average molecular weight is 218 g/mol. The lowest BCUT2D eigenvalue weighted by Gasteiger charge is -2.07. The van der Waals surface area contributed by atoms with Crippen LogP contribution in [0.1, 0.15) is 25.3 Å². The Morgan fingerprint density at radius 1 is 1.38 bits per heavy atom. The molecule has 0 spiro atoms. The zero-order valence-electron chi connectivity index (χ0n) is 9.60. The Balaban J connectivity index is 2.25. The van der Waals surface area contributed by atoms with Gasteiger partial charge in [-0.2, -0.15) is 0 Å². The van der Waals surface area contributed by atoms with E-state index in [1.165, 1.54) is 18.6 Å². The highest BCUT2D eigenvalue weighted by atomic mass is 16.3. The number of rotatable bonds is 6. The molecule has 0 radical (unpaired) electrons. The van der Waals surface area contributed by atoms with E-state index in [9.17, 15) is 9.90 Å². The first-order valence-electron chi connectivity index (χ1n) is 5.57. The summed E-state index contributed by atoms with van der Waals surface area (Å²) < 4.78 is 0. The fraction of sp³-hybridized carbons (Fsp3) is 0.357. The third kappa shape index (κ3) is 5.47. The molecule has 0 amide bonds. The Bertz CT molecular complexity index is 341. The number of benzene rings is 1. The Hall–Kier alpha value is -1.41. The average Bonchev–Trinajstić information content (AvgIpc) is 2.27. The van der Waals surface area contributed by atoms with Gasteiger partial charge in [-0.1, -0.05) is 36.4 Å². The number of carbonyl (C=O) groups excluding carboxylic acids is 1. The number of ketones is 1. The Labute approximate surface area is 96.6 Å². The van der Waals surface area contributed by atoms with Gasteiger partial charge in [-0.15, -0.1) is 0 Å². The Morgan fingerprint density at radius 3 is 2.69 bits per heavy atom. The van der Waals surface area contributed by atoms with Gasteiger partial charge in [-0.25, -0.2) is 0 Å². The second-order valence-electron chi connectivity index (χ2n) is 3.93. The molecule has 2 nitrogen and oxygen atoms in total. The summed E-state index contributed by atoms with van der Waals surface area (Å²) in [5, 5.41) is 9.66. The molecule has 0 aliphatic carbocycles. The molecule has 0 heterocycles. The summed E-state index contributed by atoms with van der Waals surface area (Å²) in [7, 11) is 0. The first-order valence-corrected chi connectivity index (χ1v) is 5.57. The molecular formula is C14H18O2. The van der Waals surface area contributed by atoms with Crippen molar-refractivity contribution in [3.63, 3.8) is 0 Å². The molecule has 2 heteroatoms. The highest BCUT2D eigenvalue weighted by molar-refractivity contribution is 5.87. The third-order valence-corrected chi connectivity index (χ3v) is 2.37. The molecular weight excluding hydrogens is 200 g/mol. The topological polar surface area (TPSA) is 37.3 Å². The lowest BCUT2D eigenvalue weighted by Crippen LogP contribution is -2.06. The van der Waals surface area contributed by atoms with E-state index in [4.69, 9.17) is 0 Å². The molecule has 0 saturated carbocycles. The summed E-state index contributed by atoms with van der Waals surface area (Å²) in [6, 6.07) is 10.1. The van der Waals surface area contributed by atoms with E-state index >= 15 is 0 Å². The van der Waals surface area contributed by atoms with Crippen molar-refractivity contribution in [3.8, 4) is 0 Å². The largest absolute Gasteiger partial charge is 0.393 e. The number of hydrogen-bond donors (Lipinski definition) is 1. The van der Waals surface area contributed by atoms with Crippen molar-refractivity contribution in [2.24, 2.45) is 0 Å². The van der Waals surface area contributed by atoms with Crippen molar-refractivity contribution in [3.05, 3.63) is 48.0 Å². The smallest absolute Gasteiger partial charge is 0.152 e. The normalized spacial score (nSPS) is 12.9. The van der Waals surface area contributed by atoms with Crippen LogP contribution in [0.2, 0.25) is 0 Å². The van der Waals surface area contributed by atoms with Crippen molar-refractivity contribution in [1.82, 2.24) is 0 Å². The molecule has 0 aliphatic rings. The quantitative estimate of drug-likeness (QED) is 0.745. The van der Waals surface area contributed by atoms with Crippen LogP contribution >= 0.6 is 0 Å². The fourth-order valence-electron chi connectivity index (χ4n) is 1.49. The molecule has 86 valence electrons. The van der Waals surface area contributed by atoms with E-state index < -0.39 is 0 Å². The Morgan fingerprint density at radius 2 is 2.06 bits per heavy atom. The lowest BCUT2D eigenvalue weighted by molar-refractivity contribution is -0.112. The van der Waals surface area contributed by atoms with Crippen LogP contribution in [-0.4, -0.2) is 17.0 Å². The predicted molar refractivity (Wildman–Crippen MR) is 65.2 cm³/mol. The Kier molecular flexibility index (Phi) is 5.51. The summed E-state index contributed by atoms with van der Waals surface area (Å²) in [6.45, 7) is 1.51. The monoisotopic (exact) mass is 218 g/mol. The van der Waals surface area contributed by atoms with Gasteiger partial charge in [-0.3, -0.25) is 4.79 Å². The lowest BCUT2D eigenvalue weighted by atomic mass is 10.0. The first-order chi connectivity index (χ1) is 7.68. The van der Waals surface area contributed by atoms with E-state index in [1.807, 2.05) is 18.2 Å². The molecule has 0 fully saturated rings. The van der Waals surface area contributed by atoms with Crippen LogP contribution in [0.15, 0.2) is 42.5 Å². The van der Waals surface area contributed by atoms with Gasteiger partial charge in [0.05, 0.1) is 6.10 Å². The standard InChI is InChI=1S/C14H18O2/c1-12(15)6-5-9-14(16)11-10-13-7-3-2-4-8-13/h2-8,14,16H,9-11H2,1H3/b6-5+.